The second-order valence-electron chi connectivity index (χ2n) is 4.12. The predicted octanol–water partition coefficient (Wildman–Crippen LogP) is 1.90. The van der Waals surface area contributed by atoms with Gasteiger partial charge < -0.3 is 15.2 Å². The Bertz CT molecular complexity index is 327. The zero-order valence-corrected chi connectivity index (χ0v) is 10.3. The number of rotatable bonds is 6. The van der Waals surface area contributed by atoms with Gasteiger partial charge in [0, 0.05) is 5.56 Å². The molecule has 0 aliphatic rings. The van der Waals surface area contributed by atoms with Crippen LogP contribution in [0.3, 0.4) is 0 Å². The van der Waals surface area contributed by atoms with Crippen molar-refractivity contribution in [2.75, 3.05) is 20.3 Å². The van der Waals surface area contributed by atoms with Crippen LogP contribution < -0.4 is 10.1 Å². The third-order valence-corrected chi connectivity index (χ3v) is 2.78. The van der Waals surface area contributed by atoms with E-state index in [0.29, 0.717) is 0 Å². The molecule has 16 heavy (non-hydrogen) atoms. The van der Waals surface area contributed by atoms with Crippen LogP contribution in [0.5, 0.6) is 5.75 Å². The molecular formula is C13H21NO2. The van der Waals surface area contributed by atoms with Gasteiger partial charge in [-0.3, -0.25) is 0 Å². The van der Waals surface area contributed by atoms with Crippen LogP contribution in [0.25, 0.3) is 0 Å². The van der Waals surface area contributed by atoms with Crippen molar-refractivity contribution in [3.63, 3.8) is 0 Å². The van der Waals surface area contributed by atoms with Gasteiger partial charge >= 0.3 is 0 Å². The van der Waals surface area contributed by atoms with Crippen molar-refractivity contribution in [3.8, 4) is 5.75 Å². The fourth-order valence-electron chi connectivity index (χ4n) is 1.74. The molecule has 0 aromatic heterocycles. The highest BCUT2D eigenvalue weighted by molar-refractivity contribution is 5.38. The van der Waals surface area contributed by atoms with Gasteiger partial charge in [-0.15, -0.1) is 0 Å². The molecule has 3 heteroatoms. The normalized spacial score (nSPS) is 14.5. The standard InChI is InChI=1S/C13H21NO2/c1-4-9-14-13(2,10-15)11-7-5-6-8-12(11)16-3/h5-8,14-15H,4,9-10H2,1-3H3. The average Bonchev–Trinajstić information content (AvgIpc) is 2.36. The topological polar surface area (TPSA) is 41.5 Å². The number of para-hydroxylation sites is 1. The molecule has 0 heterocycles. The van der Waals surface area contributed by atoms with Crippen molar-refractivity contribution in [1.29, 1.82) is 0 Å². The first-order valence-electron chi connectivity index (χ1n) is 5.67. The Kier molecular flexibility index (Phi) is 4.77. The number of benzene rings is 1. The molecule has 0 aliphatic heterocycles. The summed E-state index contributed by atoms with van der Waals surface area (Å²) >= 11 is 0. The quantitative estimate of drug-likeness (QED) is 0.774. The van der Waals surface area contributed by atoms with E-state index in [2.05, 4.69) is 12.2 Å². The second kappa shape index (κ2) is 5.87. The van der Waals surface area contributed by atoms with Gasteiger partial charge in [0.15, 0.2) is 0 Å². The van der Waals surface area contributed by atoms with E-state index in [-0.39, 0.29) is 6.61 Å². The molecule has 2 N–H and O–H groups in total. The van der Waals surface area contributed by atoms with Crippen molar-refractivity contribution < 1.29 is 9.84 Å². The molecule has 1 aromatic carbocycles. The lowest BCUT2D eigenvalue weighted by Crippen LogP contribution is -2.43. The van der Waals surface area contributed by atoms with Crippen LogP contribution in [-0.2, 0) is 5.54 Å². The minimum absolute atomic E-state index is 0.0490. The van der Waals surface area contributed by atoms with Crippen LogP contribution in [0.4, 0.5) is 0 Å². The molecule has 1 rings (SSSR count). The molecule has 0 saturated carbocycles. The number of aliphatic hydroxyl groups excluding tert-OH is 1. The predicted molar refractivity (Wildman–Crippen MR) is 65.7 cm³/mol. The Morgan fingerprint density at radius 3 is 2.62 bits per heavy atom. The van der Waals surface area contributed by atoms with Gasteiger partial charge in [-0.25, -0.2) is 0 Å². The monoisotopic (exact) mass is 223 g/mol. The number of methoxy groups -OCH3 is 1. The van der Waals surface area contributed by atoms with Crippen molar-refractivity contribution in [3.05, 3.63) is 29.8 Å². The molecule has 1 aromatic rings. The van der Waals surface area contributed by atoms with Crippen molar-refractivity contribution >= 4 is 0 Å². The second-order valence-corrected chi connectivity index (χ2v) is 4.12. The zero-order valence-electron chi connectivity index (χ0n) is 10.3. The molecule has 0 bridgehead atoms. The first-order chi connectivity index (χ1) is 7.68. The van der Waals surface area contributed by atoms with Gasteiger partial charge in [0.1, 0.15) is 5.75 Å². The first kappa shape index (κ1) is 13.0. The van der Waals surface area contributed by atoms with Gasteiger partial charge in [0.25, 0.3) is 0 Å². The lowest BCUT2D eigenvalue weighted by atomic mass is 9.92. The molecule has 0 aliphatic carbocycles. The van der Waals surface area contributed by atoms with Crippen LogP contribution in [0.2, 0.25) is 0 Å². The number of aliphatic hydroxyl groups is 1. The molecular weight excluding hydrogens is 202 g/mol. The highest BCUT2D eigenvalue weighted by Gasteiger charge is 2.27. The smallest absolute Gasteiger partial charge is 0.123 e. The van der Waals surface area contributed by atoms with E-state index in [1.54, 1.807) is 7.11 Å². The Hall–Kier alpha value is -1.06. The Labute approximate surface area is 97.4 Å². The molecule has 0 saturated heterocycles. The fraction of sp³-hybridized carbons (Fsp3) is 0.538. The molecule has 0 fully saturated rings. The Morgan fingerprint density at radius 2 is 2.06 bits per heavy atom. The van der Waals surface area contributed by atoms with Gasteiger partial charge in [0.2, 0.25) is 0 Å². The summed E-state index contributed by atoms with van der Waals surface area (Å²) < 4.78 is 5.32. The van der Waals surface area contributed by atoms with E-state index in [1.807, 2.05) is 31.2 Å². The summed E-state index contributed by atoms with van der Waals surface area (Å²) in [4.78, 5) is 0. The maximum Gasteiger partial charge on any atom is 0.123 e. The first-order valence-corrected chi connectivity index (χ1v) is 5.67. The molecule has 0 spiro atoms. The van der Waals surface area contributed by atoms with E-state index in [9.17, 15) is 5.11 Å². The third-order valence-electron chi connectivity index (χ3n) is 2.78. The van der Waals surface area contributed by atoms with Gasteiger partial charge in [0.05, 0.1) is 19.3 Å². The summed E-state index contributed by atoms with van der Waals surface area (Å²) in [6, 6.07) is 7.79. The summed E-state index contributed by atoms with van der Waals surface area (Å²) in [6.45, 7) is 5.01. The molecule has 1 atom stereocenters. The largest absolute Gasteiger partial charge is 0.496 e. The minimum Gasteiger partial charge on any atom is -0.496 e. The fourth-order valence-corrected chi connectivity index (χ4v) is 1.74. The van der Waals surface area contributed by atoms with Crippen LogP contribution in [0.1, 0.15) is 25.8 Å². The van der Waals surface area contributed by atoms with Gasteiger partial charge in [-0.1, -0.05) is 25.1 Å². The van der Waals surface area contributed by atoms with E-state index in [4.69, 9.17) is 4.74 Å². The number of nitrogens with one attached hydrogen (secondary N) is 1. The van der Waals surface area contributed by atoms with Crippen LogP contribution in [-0.4, -0.2) is 25.4 Å². The minimum atomic E-state index is -0.442. The summed E-state index contributed by atoms with van der Waals surface area (Å²) in [5.74, 6) is 0.808. The van der Waals surface area contributed by atoms with Crippen molar-refractivity contribution in [2.45, 2.75) is 25.8 Å². The summed E-state index contributed by atoms with van der Waals surface area (Å²) in [5.41, 5.74) is 0.552. The Morgan fingerprint density at radius 1 is 1.38 bits per heavy atom. The number of ether oxygens (including phenoxy) is 1. The van der Waals surface area contributed by atoms with Gasteiger partial charge in [-0.2, -0.15) is 0 Å². The summed E-state index contributed by atoms with van der Waals surface area (Å²) in [5, 5.41) is 12.9. The van der Waals surface area contributed by atoms with E-state index in [0.717, 1.165) is 24.3 Å². The average molecular weight is 223 g/mol. The van der Waals surface area contributed by atoms with Crippen molar-refractivity contribution in [1.82, 2.24) is 5.32 Å². The van der Waals surface area contributed by atoms with E-state index in [1.165, 1.54) is 0 Å². The zero-order chi connectivity index (χ0) is 12.0. The molecule has 90 valence electrons. The number of hydrogen-bond acceptors (Lipinski definition) is 3. The summed E-state index contributed by atoms with van der Waals surface area (Å²) in [7, 11) is 1.65. The van der Waals surface area contributed by atoms with E-state index < -0.39 is 5.54 Å². The Balaban J connectivity index is 3.01. The summed E-state index contributed by atoms with van der Waals surface area (Å²) in [6.07, 6.45) is 1.03. The molecule has 3 nitrogen and oxygen atoms in total. The maximum absolute atomic E-state index is 9.57. The number of hydrogen-bond donors (Lipinski definition) is 2. The maximum atomic E-state index is 9.57. The molecule has 0 radical (unpaired) electrons. The SMILES string of the molecule is CCCNC(C)(CO)c1ccccc1OC. The van der Waals surface area contributed by atoms with E-state index >= 15 is 0 Å². The van der Waals surface area contributed by atoms with Gasteiger partial charge in [-0.05, 0) is 26.0 Å². The molecule has 1 unspecified atom stereocenters. The third kappa shape index (κ3) is 2.74. The molecule has 0 amide bonds. The lowest BCUT2D eigenvalue weighted by Gasteiger charge is -2.30. The van der Waals surface area contributed by atoms with Crippen LogP contribution >= 0.6 is 0 Å². The van der Waals surface area contributed by atoms with Crippen LogP contribution in [0.15, 0.2) is 24.3 Å². The van der Waals surface area contributed by atoms with Crippen LogP contribution in [0, 0.1) is 0 Å². The van der Waals surface area contributed by atoms with Crippen molar-refractivity contribution in [2.24, 2.45) is 0 Å². The highest BCUT2D eigenvalue weighted by atomic mass is 16.5. The lowest BCUT2D eigenvalue weighted by molar-refractivity contribution is 0.172. The highest BCUT2D eigenvalue weighted by Crippen LogP contribution is 2.29.